The molecular formula is C16H15FNNaO5. The Hall–Kier alpha value is -1.41. The fourth-order valence-corrected chi connectivity index (χ4v) is 3.37. The van der Waals surface area contributed by atoms with Gasteiger partial charge >= 0.3 is 29.6 Å². The summed E-state index contributed by atoms with van der Waals surface area (Å²) in [5, 5.41) is 21.1. The summed E-state index contributed by atoms with van der Waals surface area (Å²) in [6, 6.07) is 3.67. The Balaban J connectivity index is 0.00000208. The van der Waals surface area contributed by atoms with Crippen LogP contribution in [0.4, 0.5) is 4.39 Å². The van der Waals surface area contributed by atoms with Gasteiger partial charge in [-0.05, 0) is 36.6 Å². The molecule has 122 valence electrons. The number of hydrogen-bond donors (Lipinski definition) is 1. The first-order chi connectivity index (χ1) is 10.9. The van der Waals surface area contributed by atoms with Gasteiger partial charge in [0.1, 0.15) is 0 Å². The third-order valence-corrected chi connectivity index (χ3v) is 4.42. The number of benzene rings is 1. The van der Waals surface area contributed by atoms with Crippen molar-refractivity contribution in [2.24, 2.45) is 5.92 Å². The van der Waals surface area contributed by atoms with Crippen LogP contribution in [0, 0.1) is 11.7 Å². The molecule has 0 aromatic heterocycles. The summed E-state index contributed by atoms with van der Waals surface area (Å²) < 4.78 is 18.7. The number of ether oxygens (including phenoxy) is 1. The van der Waals surface area contributed by atoms with E-state index in [1.807, 2.05) is 0 Å². The van der Waals surface area contributed by atoms with Gasteiger partial charge in [-0.3, -0.25) is 4.79 Å². The van der Waals surface area contributed by atoms with Crippen LogP contribution in [0.3, 0.4) is 0 Å². The van der Waals surface area contributed by atoms with E-state index < -0.39 is 35.8 Å². The van der Waals surface area contributed by atoms with Gasteiger partial charge in [-0.25, -0.2) is 4.39 Å². The largest absolute Gasteiger partial charge is 1.00 e. The van der Waals surface area contributed by atoms with E-state index in [4.69, 9.17) is 4.74 Å². The Morgan fingerprint density at radius 3 is 2.67 bits per heavy atom. The molecule has 1 amide bonds. The number of rotatable bonds is 4. The Bertz CT molecular complexity index is 733. The molecule has 24 heavy (non-hydrogen) atoms. The van der Waals surface area contributed by atoms with Crippen LogP contribution in [0.25, 0.3) is 5.57 Å². The predicted molar refractivity (Wildman–Crippen MR) is 75.3 cm³/mol. The standard InChI is InChI=1S/C16H16FNO5.Na/c1-7(19)13-11-6-9(14(16(21)22)18(11)15(13)20)8-3-4-12(23-2)10(17)5-8;/h3-5,7,11,13,19H,6H2,1-2H3,(H,21,22);/q;+1/p-1/t7-,11-,13+;/m1./s1. The maximum absolute atomic E-state index is 13.9. The predicted octanol–water partition coefficient (Wildman–Crippen LogP) is -3.09. The number of halogens is 1. The zero-order valence-corrected chi connectivity index (χ0v) is 15.6. The average molecular weight is 343 g/mol. The molecule has 8 heteroatoms. The van der Waals surface area contributed by atoms with Crippen molar-refractivity contribution in [3.63, 3.8) is 0 Å². The van der Waals surface area contributed by atoms with Crippen molar-refractivity contribution in [3.8, 4) is 5.75 Å². The molecule has 1 aromatic carbocycles. The number of nitrogens with zero attached hydrogens (tertiary/aromatic N) is 1. The van der Waals surface area contributed by atoms with Gasteiger partial charge in [-0.2, -0.15) is 0 Å². The van der Waals surface area contributed by atoms with E-state index in [9.17, 15) is 24.2 Å². The van der Waals surface area contributed by atoms with E-state index in [1.54, 1.807) is 0 Å². The van der Waals surface area contributed by atoms with Crippen LogP contribution in [0.1, 0.15) is 18.9 Å². The van der Waals surface area contributed by atoms with Crippen molar-refractivity contribution >= 4 is 17.4 Å². The molecule has 0 aliphatic carbocycles. The van der Waals surface area contributed by atoms with E-state index in [0.717, 1.165) is 4.90 Å². The Labute approximate surface area is 160 Å². The number of β-lactam (4-membered cyclic amide) rings is 1. The van der Waals surface area contributed by atoms with Gasteiger partial charge in [-0.15, -0.1) is 0 Å². The van der Waals surface area contributed by atoms with E-state index in [0.29, 0.717) is 11.1 Å². The van der Waals surface area contributed by atoms with Gasteiger partial charge in [0.25, 0.3) is 0 Å². The van der Waals surface area contributed by atoms with Crippen molar-refractivity contribution in [2.75, 3.05) is 7.11 Å². The molecule has 0 spiro atoms. The third-order valence-electron chi connectivity index (χ3n) is 4.42. The van der Waals surface area contributed by atoms with E-state index >= 15 is 0 Å². The van der Waals surface area contributed by atoms with Gasteiger partial charge in [-0.1, -0.05) is 6.07 Å². The molecule has 1 fully saturated rings. The number of carboxylic acids is 1. The van der Waals surface area contributed by atoms with Crippen LogP contribution in [0.2, 0.25) is 0 Å². The second kappa shape index (κ2) is 6.84. The molecule has 2 aliphatic heterocycles. The van der Waals surface area contributed by atoms with Gasteiger partial charge in [0.2, 0.25) is 5.91 Å². The van der Waals surface area contributed by atoms with Crippen LogP contribution < -0.4 is 39.4 Å². The molecule has 2 heterocycles. The minimum Gasteiger partial charge on any atom is -0.543 e. The SMILES string of the molecule is COc1ccc(C2=C(C(=O)[O-])N3C(=O)[C@@H]([C@@H](C)O)[C@H]3C2)cc1F.[Na+]. The Kier molecular flexibility index (Phi) is 5.39. The summed E-state index contributed by atoms with van der Waals surface area (Å²) in [4.78, 5) is 24.7. The summed E-state index contributed by atoms with van der Waals surface area (Å²) in [5.41, 5.74) is 0.434. The van der Waals surface area contributed by atoms with Crippen LogP contribution in [0.5, 0.6) is 5.75 Å². The normalized spacial score (nSPS) is 23.3. The molecule has 1 saturated heterocycles. The molecule has 3 atom stereocenters. The number of carbonyl (C=O) groups is 2. The molecule has 3 rings (SSSR count). The van der Waals surface area contributed by atoms with E-state index in [-0.39, 0.29) is 47.4 Å². The number of fused-ring (bicyclic) bond motifs is 1. The molecule has 0 bridgehead atoms. The summed E-state index contributed by atoms with van der Waals surface area (Å²) in [5.74, 6) is -3.17. The number of carbonyl (C=O) groups excluding carboxylic acids is 2. The molecule has 0 unspecified atom stereocenters. The average Bonchev–Trinajstić information content (AvgIpc) is 2.82. The van der Waals surface area contributed by atoms with E-state index in [1.165, 1.54) is 32.2 Å². The molecule has 2 aliphatic rings. The molecule has 0 saturated carbocycles. The summed E-state index contributed by atoms with van der Waals surface area (Å²) in [7, 11) is 1.33. The van der Waals surface area contributed by atoms with Gasteiger partial charge in [0, 0.05) is 0 Å². The van der Waals surface area contributed by atoms with Crippen LogP contribution in [0.15, 0.2) is 23.9 Å². The van der Waals surface area contributed by atoms with Crippen molar-refractivity contribution in [3.05, 3.63) is 35.3 Å². The number of hydrogen-bond acceptors (Lipinski definition) is 5. The van der Waals surface area contributed by atoms with Crippen LogP contribution in [-0.2, 0) is 9.59 Å². The second-order valence-electron chi connectivity index (χ2n) is 5.71. The fourth-order valence-electron chi connectivity index (χ4n) is 3.37. The topological polar surface area (TPSA) is 89.9 Å². The van der Waals surface area contributed by atoms with Crippen LogP contribution in [-0.4, -0.2) is 41.1 Å². The van der Waals surface area contributed by atoms with Crippen molar-refractivity contribution in [1.29, 1.82) is 0 Å². The van der Waals surface area contributed by atoms with Gasteiger partial charge < -0.3 is 24.6 Å². The maximum Gasteiger partial charge on any atom is 1.00 e. The molecule has 1 N–H and O–H groups in total. The quantitative estimate of drug-likeness (QED) is 0.462. The van der Waals surface area contributed by atoms with Crippen molar-refractivity contribution < 1.29 is 58.5 Å². The fraction of sp³-hybridized carbons (Fsp3) is 0.375. The Morgan fingerprint density at radius 2 is 2.17 bits per heavy atom. The number of aliphatic hydroxyl groups is 1. The first-order valence-electron chi connectivity index (χ1n) is 7.16. The van der Waals surface area contributed by atoms with Crippen LogP contribution >= 0.6 is 0 Å². The number of methoxy groups -OCH3 is 1. The first-order valence-corrected chi connectivity index (χ1v) is 7.16. The monoisotopic (exact) mass is 343 g/mol. The summed E-state index contributed by atoms with van der Waals surface area (Å²) in [6.45, 7) is 1.49. The molecular weight excluding hydrogens is 328 g/mol. The smallest absolute Gasteiger partial charge is 0.543 e. The number of carboxylic acid groups (broad SMARTS) is 1. The van der Waals surface area contributed by atoms with Gasteiger partial charge in [0.05, 0.1) is 36.8 Å². The van der Waals surface area contributed by atoms with Gasteiger partial charge in [0.15, 0.2) is 11.6 Å². The number of aliphatic hydroxyl groups excluding tert-OH is 1. The minimum absolute atomic E-state index is 0. The molecule has 0 radical (unpaired) electrons. The minimum atomic E-state index is -1.49. The third kappa shape index (κ3) is 2.75. The first kappa shape index (κ1) is 18.9. The zero-order valence-electron chi connectivity index (χ0n) is 13.6. The maximum atomic E-state index is 13.9. The second-order valence-corrected chi connectivity index (χ2v) is 5.71. The zero-order chi connectivity index (χ0) is 16.9. The molecule has 1 aromatic rings. The summed E-state index contributed by atoms with van der Waals surface area (Å²) in [6.07, 6.45) is -0.644. The number of aliphatic carboxylic acids is 1. The van der Waals surface area contributed by atoms with Crippen molar-refractivity contribution in [1.82, 2.24) is 4.90 Å². The Morgan fingerprint density at radius 1 is 1.50 bits per heavy atom. The summed E-state index contributed by atoms with van der Waals surface area (Å²) >= 11 is 0. The van der Waals surface area contributed by atoms with Crippen molar-refractivity contribution in [2.45, 2.75) is 25.5 Å². The van der Waals surface area contributed by atoms with E-state index in [2.05, 4.69) is 0 Å². The molecule has 6 nitrogen and oxygen atoms in total. The number of amides is 1.